The third kappa shape index (κ3) is 6.09. The van der Waals surface area contributed by atoms with Crippen LogP contribution in [-0.2, 0) is 21.0 Å². The number of carbonyl (C=O) groups excluding carboxylic acids is 1. The number of aryl methyl sites for hydroxylation is 2. The van der Waals surface area contributed by atoms with Gasteiger partial charge >= 0.3 is 6.18 Å². The molecule has 3 aromatic carbocycles. The molecule has 0 saturated carbocycles. The van der Waals surface area contributed by atoms with Gasteiger partial charge in [-0.05, 0) is 68.8 Å². The SMILES string of the molecule is Cc1ccccc1-n1c(C)cc(/C=N\NC(=O)CN(c2cccc(C(F)(F)F)c2)S(=O)(=O)c2ccccc2)c1C. The molecule has 0 saturated heterocycles. The van der Waals surface area contributed by atoms with E-state index < -0.39 is 34.2 Å². The van der Waals surface area contributed by atoms with Crippen LogP contribution in [0.25, 0.3) is 5.69 Å². The van der Waals surface area contributed by atoms with Crippen molar-refractivity contribution in [2.75, 3.05) is 10.8 Å². The summed E-state index contributed by atoms with van der Waals surface area (Å²) in [6, 6.07) is 20.8. The second-order valence-corrected chi connectivity index (χ2v) is 11.0. The second kappa shape index (κ2) is 11.4. The van der Waals surface area contributed by atoms with Crippen molar-refractivity contribution >= 4 is 27.8 Å². The van der Waals surface area contributed by atoms with Crippen LogP contribution in [0, 0.1) is 20.8 Å². The van der Waals surface area contributed by atoms with Crippen LogP contribution in [0.1, 0.15) is 28.1 Å². The van der Waals surface area contributed by atoms with Crippen LogP contribution in [0.3, 0.4) is 0 Å². The number of amides is 1. The first-order chi connectivity index (χ1) is 18.9. The lowest BCUT2D eigenvalue weighted by Crippen LogP contribution is -2.39. The molecule has 1 amide bonds. The molecule has 0 aliphatic carbocycles. The summed E-state index contributed by atoms with van der Waals surface area (Å²) in [7, 11) is -4.38. The minimum Gasteiger partial charge on any atom is -0.318 e. The number of anilines is 1. The fourth-order valence-corrected chi connectivity index (χ4v) is 5.75. The maximum Gasteiger partial charge on any atom is 0.416 e. The number of carbonyl (C=O) groups is 1. The smallest absolute Gasteiger partial charge is 0.318 e. The van der Waals surface area contributed by atoms with Crippen molar-refractivity contribution < 1.29 is 26.4 Å². The Morgan fingerprint density at radius 2 is 1.62 bits per heavy atom. The molecule has 0 radical (unpaired) electrons. The fraction of sp³-hybridized carbons (Fsp3) is 0.172. The van der Waals surface area contributed by atoms with Crippen molar-refractivity contribution in [3.63, 3.8) is 0 Å². The van der Waals surface area contributed by atoms with Crippen molar-refractivity contribution in [1.29, 1.82) is 0 Å². The van der Waals surface area contributed by atoms with Crippen molar-refractivity contribution in [2.24, 2.45) is 5.10 Å². The number of alkyl halides is 3. The standard InChI is InChI=1S/C29H27F3N4O3S/c1-20-10-7-8-15-27(20)36-21(2)16-23(22(36)3)18-33-34-28(37)19-35(40(38,39)26-13-5-4-6-14-26)25-12-9-11-24(17-25)29(30,31)32/h4-18H,19H2,1-3H3,(H,34,37)/b33-18-. The maximum absolute atomic E-state index is 13.4. The first-order valence-electron chi connectivity index (χ1n) is 12.2. The van der Waals surface area contributed by atoms with E-state index in [1.54, 1.807) is 6.07 Å². The second-order valence-electron chi connectivity index (χ2n) is 9.11. The third-order valence-electron chi connectivity index (χ3n) is 6.30. The molecule has 1 aromatic heterocycles. The van der Waals surface area contributed by atoms with Crippen LogP contribution in [0.5, 0.6) is 0 Å². The minimum absolute atomic E-state index is 0.174. The van der Waals surface area contributed by atoms with E-state index in [1.165, 1.54) is 36.5 Å². The number of rotatable bonds is 8. The van der Waals surface area contributed by atoms with Gasteiger partial charge in [-0.1, -0.05) is 42.5 Å². The van der Waals surface area contributed by atoms with Gasteiger partial charge in [0.15, 0.2) is 0 Å². The first kappa shape index (κ1) is 28.6. The van der Waals surface area contributed by atoms with Crippen LogP contribution in [0.15, 0.2) is 94.9 Å². The Bertz CT molecular complexity index is 1660. The molecule has 11 heteroatoms. The van der Waals surface area contributed by atoms with E-state index >= 15 is 0 Å². The largest absolute Gasteiger partial charge is 0.416 e. The number of benzene rings is 3. The predicted molar refractivity (Wildman–Crippen MR) is 148 cm³/mol. The normalized spacial score (nSPS) is 12.1. The molecule has 0 aliphatic heterocycles. The van der Waals surface area contributed by atoms with Crippen LogP contribution in [0.2, 0.25) is 0 Å². The maximum atomic E-state index is 13.4. The molecular formula is C29H27F3N4O3S. The Morgan fingerprint density at radius 1 is 0.950 bits per heavy atom. The Labute approximate surface area is 230 Å². The topological polar surface area (TPSA) is 83.8 Å². The number of nitrogens with zero attached hydrogens (tertiary/aromatic N) is 3. The summed E-state index contributed by atoms with van der Waals surface area (Å²) in [5.74, 6) is -0.833. The van der Waals surface area contributed by atoms with Crippen LogP contribution >= 0.6 is 0 Å². The highest BCUT2D eigenvalue weighted by molar-refractivity contribution is 7.92. The lowest BCUT2D eigenvalue weighted by Gasteiger charge is -2.24. The molecule has 0 atom stereocenters. The number of hydrazone groups is 1. The number of sulfonamides is 1. The van der Waals surface area contributed by atoms with E-state index in [0.29, 0.717) is 10.4 Å². The number of nitrogens with one attached hydrogen (secondary N) is 1. The van der Waals surface area contributed by atoms with E-state index in [-0.39, 0.29) is 10.6 Å². The molecule has 4 rings (SSSR count). The summed E-state index contributed by atoms with van der Waals surface area (Å²) in [5, 5.41) is 3.99. The fourth-order valence-electron chi connectivity index (χ4n) is 4.32. The number of para-hydroxylation sites is 1. The quantitative estimate of drug-likeness (QED) is 0.217. The van der Waals surface area contributed by atoms with Crippen molar-refractivity contribution in [2.45, 2.75) is 31.8 Å². The first-order valence-corrected chi connectivity index (χ1v) is 13.7. The Hall–Kier alpha value is -4.38. The van der Waals surface area contributed by atoms with Gasteiger partial charge in [0.25, 0.3) is 15.9 Å². The van der Waals surface area contributed by atoms with E-state index in [1.807, 2.05) is 51.1 Å². The van der Waals surface area contributed by atoms with Crippen molar-refractivity contribution in [1.82, 2.24) is 9.99 Å². The summed E-state index contributed by atoms with van der Waals surface area (Å²) < 4.78 is 69.6. The summed E-state index contributed by atoms with van der Waals surface area (Å²) in [6.45, 7) is 5.06. The van der Waals surface area contributed by atoms with E-state index in [0.717, 1.165) is 40.3 Å². The van der Waals surface area contributed by atoms with Crippen LogP contribution < -0.4 is 9.73 Å². The molecule has 7 nitrogen and oxygen atoms in total. The summed E-state index contributed by atoms with van der Waals surface area (Å²) in [4.78, 5) is 12.7. The molecule has 1 heterocycles. The zero-order valence-corrected chi connectivity index (χ0v) is 22.8. The average Bonchev–Trinajstić information content (AvgIpc) is 3.20. The Morgan fingerprint density at radius 3 is 2.30 bits per heavy atom. The minimum atomic E-state index is -4.70. The van der Waals surface area contributed by atoms with Crippen molar-refractivity contribution in [3.05, 3.63) is 113 Å². The van der Waals surface area contributed by atoms with E-state index in [2.05, 4.69) is 15.1 Å². The molecule has 4 aromatic rings. The lowest BCUT2D eigenvalue weighted by molar-refractivity contribution is -0.137. The molecule has 40 heavy (non-hydrogen) atoms. The number of hydrogen-bond acceptors (Lipinski definition) is 4. The molecule has 0 fully saturated rings. The van der Waals surface area contributed by atoms with E-state index in [9.17, 15) is 26.4 Å². The molecule has 0 unspecified atom stereocenters. The summed E-state index contributed by atoms with van der Waals surface area (Å²) in [5.41, 5.74) is 5.59. The molecule has 0 aliphatic rings. The number of hydrogen-bond donors (Lipinski definition) is 1. The average molecular weight is 569 g/mol. The van der Waals surface area contributed by atoms with Gasteiger partial charge < -0.3 is 4.57 Å². The molecule has 208 valence electrons. The van der Waals surface area contributed by atoms with Crippen LogP contribution in [-0.4, -0.2) is 31.7 Å². The monoisotopic (exact) mass is 568 g/mol. The molecular weight excluding hydrogens is 541 g/mol. The molecule has 1 N–H and O–H groups in total. The number of aromatic nitrogens is 1. The summed E-state index contributed by atoms with van der Waals surface area (Å²) in [6.07, 6.45) is -3.26. The summed E-state index contributed by atoms with van der Waals surface area (Å²) >= 11 is 0. The van der Waals surface area contributed by atoms with Gasteiger partial charge in [0.2, 0.25) is 0 Å². The van der Waals surface area contributed by atoms with E-state index in [4.69, 9.17) is 0 Å². The van der Waals surface area contributed by atoms with Gasteiger partial charge in [-0.25, -0.2) is 13.8 Å². The lowest BCUT2D eigenvalue weighted by atomic mass is 10.2. The molecule has 0 bridgehead atoms. The van der Waals surface area contributed by atoms with Gasteiger partial charge in [-0.15, -0.1) is 0 Å². The Balaban J connectivity index is 1.60. The highest BCUT2D eigenvalue weighted by Crippen LogP contribution is 2.33. The van der Waals surface area contributed by atoms with Crippen LogP contribution in [0.4, 0.5) is 18.9 Å². The van der Waals surface area contributed by atoms with Gasteiger partial charge in [0.05, 0.1) is 22.4 Å². The molecule has 0 spiro atoms. The Kier molecular flexibility index (Phi) is 8.15. The number of halogens is 3. The van der Waals surface area contributed by atoms with Crippen molar-refractivity contribution in [3.8, 4) is 5.69 Å². The highest BCUT2D eigenvalue weighted by atomic mass is 32.2. The third-order valence-corrected chi connectivity index (χ3v) is 8.09. The predicted octanol–water partition coefficient (Wildman–Crippen LogP) is 5.77. The van der Waals surface area contributed by atoms with Gasteiger partial charge in [0, 0.05) is 22.6 Å². The highest BCUT2D eigenvalue weighted by Gasteiger charge is 2.33. The van der Waals surface area contributed by atoms with Gasteiger partial charge in [-0.2, -0.15) is 18.3 Å². The zero-order chi connectivity index (χ0) is 29.1. The zero-order valence-electron chi connectivity index (χ0n) is 22.0. The van der Waals surface area contributed by atoms with Gasteiger partial charge in [0.1, 0.15) is 6.54 Å². The van der Waals surface area contributed by atoms with Gasteiger partial charge in [-0.3, -0.25) is 9.10 Å².